The van der Waals surface area contributed by atoms with Crippen LogP contribution in [0.25, 0.3) is 0 Å². The van der Waals surface area contributed by atoms with Gasteiger partial charge < -0.3 is 10.6 Å². The third kappa shape index (κ3) is 2.21. The number of hydrogen-bond donors (Lipinski definition) is 2. The second kappa shape index (κ2) is 4.45. The van der Waals surface area contributed by atoms with Crippen LogP contribution < -0.4 is 10.6 Å². The van der Waals surface area contributed by atoms with Crippen molar-refractivity contribution >= 4 is 5.91 Å². The smallest absolute Gasteiger partial charge is 0.223 e. The lowest BCUT2D eigenvalue weighted by molar-refractivity contribution is -0.124. The second-order valence-corrected chi connectivity index (χ2v) is 3.39. The molecule has 0 aliphatic heterocycles. The van der Waals surface area contributed by atoms with Crippen LogP contribution in [0.3, 0.4) is 0 Å². The van der Waals surface area contributed by atoms with Gasteiger partial charge >= 0.3 is 0 Å². The number of carbonyl (C=O) groups excluding carboxylic acids is 1. The minimum atomic E-state index is 0.232. The number of carbonyl (C=O) groups is 1. The summed E-state index contributed by atoms with van der Waals surface area (Å²) in [5.41, 5.74) is 0. The molecule has 1 aliphatic carbocycles. The van der Waals surface area contributed by atoms with E-state index in [0.717, 1.165) is 25.8 Å². The molecule has 0 aromatic rings. The minimum Gasteiger partial charge on any atom is -0.356 e. The predicted octanol–water partition coefficient (Wildman–Crippen LogP) is 0.511. The summed E-state index contributed by atoms with van der Waals surface area (Å²) in [7, 11) is 1.96. The Bertz CT molecular complexity index is 159. The first-order chi connectivity index (χ1) is 5.77. The van der Waals surface area contributed by atoms with Crippen LogP contribution >= 0.6 is 0 Å². The lowest BCUT2D eigenvalue weighted by atomic mass is 10.1. The van der Waals surface area contributed by atoms with E-state index in [-0.39, 0.29) is 11.8 Å². The molecule has 12 heavy (non-hydrogen) atoms. The van der Waals surface area contributed by atoms with E-state index in [1.165, 1.54) is 0 Å². The van der Waals surface area contributed by atoms with Crippen molar-refractivity contribution in [3.05, 3.63) is 0 Å². The Hall–Kier alpha value is -0.570. The molecule has 1 aliphatic rings. The van der Waals surface area contributed by atoms with E-state index in [9.17, 15) is 4.79 Å². The number of nitrogens with one attached hydrogen (secondary N) is 2. The predicted molar refractivity (Wildman–Crippen MR) is 48.9 cm³/mol. The highest BCUT2D eigenvalue weighted by Crippen LogP contribution is 2.25. The third-order valence-corrected chi connectivity index (χ3v) is 2.56. The Morgan fingerprint density at radius 3 is 2.75 bits per heavy atom. The highest BCUT2D eigenvalue weighted by atomic mass is 16.1. The Kier molecular flexibility index (Phi) is 3.53. The molecule has 3 nitrogen and oxygen atoms in total. The van der Waals surface area contributed by atoms with Gasteiger partial charge in [-0.25, -0.2) is 0 Å². The van der Waals surface area contributed by atoms with Crippen molar-refractivity contribution in [2.24, 2.45) is 5.92 Å². The Labute approximate surface area is 73.9 Å². The van der Waals surface area contributed by atoms with Crippen LogP contribution in [-0.2, 0) is 4.79 Å². The Morgan fingerprint density at radius 1 is 1.50 bits per heavy atom. The molecule has 0 saturated heterocycles. The number of rotatable bonds is 3. The van der Waals surface area contributed by atoms with Gasteiger partial charge in [-0.1, -0.05) is 0 Å². The van der Waals surface area contributed by atoms with E-state index in [2.05, 4.69) is 10.6 Å². The van der Waals surface area contributed by atoms with Crippen molar-refractivity contribution in [2.75, 3.05) is 13.6 Å². The summed E-state index contributed by atoms with van der Waals surface area (Å²) in [6.07, 6.45) is 3.18. The first kappa shape index (κ1) is 9.52. The largest absolute Gasteiger partial charge is 0.356 e. The maximum absolute atomic E-state index is 11.4. The monoisotopic (exact) mass is 170 g/mol. The van der Waals surface area contributed by atoms with Crippen molar-refractivity contribution in [3.63, 3.8) is 0 Å². The Morgan fingerprint density at radius 2 is 2.25 bits per heavy atom. The summed E-state index contributed by atoms with van der Waals surface area (Å²) < 4.78 is 0. The highest BCUT2D eigenvalue weighted by molar-refractivity contribution is 5.78. The summed E-state index contributed by atoms with van der Waals surface area (Å²) in [6, 6.07) is 0.553. The lowest BCUT2D eigenvalue weighted by Gasteiger charge is -2.09. The van der Waals surface area contributed by atoms with E-state index in [4.69, 9.17) is 0 Å². The van der Waals surface area contributed by atoms with Gasteiger partial charge in [0.15, 0.2) is 0 Å². The van der Waals surface area contributed by atoms with Crippen LogP contribution in [0.4, 0.5) is 0 Å². The average Bonchev–Trinajstić information content (AvgIpc) is 2.52. The molecule has 0 spiro atoms. The van der Waals surface area contributed by atoms with Crippen molar-refractivity contribution in [1.29, 1.82) is 0 Å². The van der Waals surface area contributed by atoms with Crippen LogP contribution in [0.5, 0.6) is 0 Å². The molecule has 3 heteroatoms. The van der Waals surface area contributed by atoms with Gasteiger partial charge in [0.25, 0.3) is 0 Å². The van der Waals surface area contributed by atoms with Gasteiger partial charge in [-0.3, -0.25) is 4.79 Å². The molecule has 1 amide bonds. The molecule has 2 N–H and O–H groups in total. The zero-order valence-electron chi connectivity index (χ0n) is 7.89. The van der Waals surface area contributed by atoms with Gasteiger partial charge in [0.2, 0.25) is 5.91 Å². The van der Waals surface area contributed by atoms with E-state index < -0.39 is 0 Å². The van der Waals surface area contributed by atoms with Crippen LogP contribution in [0.1, 0.15) is 26.2 Å². The van der Waals surface area contributed by atoms with Crippen molar-refractivity contribution in [2.45, 2.75) is 32.2 Å². The normalized spacial score (nSPS) is 28.8. The Balaban J connectivity index is 2.31. The SMILES string of the molecule is CCNC(=O)C1CCC(NC)C1. The van der Waals surface area contributed by atoms with E-state index >= 15 is 0 Å². The van der Waals surface area contributed by atoms with E-state index in [1.807, 2.05) is 14.0 Å². The van der Waals surface area contributed by atoms with Gasteiger partial charge in [-0.2, -0.15) is 0 Å². The maximum atomic E-state index is 11.4. The van der Waals surface area contributed by atoms with Gasteiger partial charge in [0.05, 0.1) is 0 Å². The molecule has 70 valence electrons. The molecule has 1 saturated carbocycles. The topological polar surface area (TPSA) is 41.1 Å². The molecule has 1 rings (SSSR count). The van der Waals surface area contributed by atoms with Crippen LogP contribution in [0.2, 0.25) is 0 Å². The maximum Gasteiger partial charge on any atom is 0.223 e. The molecule has 1 fully saturated rings. The van der Waals surface area contributed by atoms with E-state index in [1.54, 1.807) is 0 Å². The lowest BCUT2D eigenvalue weighted by Crippen LogP contribution is -2.30. The summed E-state index contributed by atoms with van der Waals surface area (Å²) in [4.78, 5) is 11.4. The average molecular weight is 170 g/mol. The molecule has 0 aromatic heterocycles. The first-order valence-corrected chi connectivity index (χ1v) is 4.73. The molecule has 0 bridgehead atoms. The van der Waals surface area contributed by atoms with Gasteiger partial charge in [-0.05, 0) is 33.2 Å². The standard InChI is InChI=1S/C9H18N2O/c1-3-11-9(12)7-4-5-8(6-7)10-2/h7-8,10H,3-6H2,1-2H3,(H,11,12). The van der Waals surface area contributed by atoms with Crippen molar-refractivity contribution in [3.8, 4) is 0 Å². The fourth-order valence-corrected chi connectivity index (χ4v) is 1.80. The number of hydrogen-bond acceptors (Lipinski definition) is 2. The van der Waals surface area contributed by atoms with Crippen molar-refractivity contribution < 1.29 is 4.79 Å². The molecule has 2 unspecified atom stereocenters. The number of amides is 1. The molecule has 0 aromatic carbocycles. The fraction of sp³-hybridized carbons (Fsp3) is 0.889. The second-order valence-electron chi connectivity index (χ2n) is 3.39. The van der Waals surface area contributed by atoms with Crippen LogP contribution in [0, 0.1) is 5.92 Å². The zero-order valence-corrected chi connectivity index (χ0v) is 7.89. The highest BCUT2D eigenvalue weighted by Gasteiger charge is 2.28. The first-order valence-electron chi connectivity index (χ1n) is 4.73. The molecule has 0 radical (unpaired) electrons. The fourth-order valence-electron chi connectivity index (χ4n) is 1.80. The van der Waals surface area contributed by atoms with Gasteiger partial charge in [-0.15, -0.1) is 0 Å². The van der Waals surface area contributed by atoms with Gasteiger partial charge in [0, 0.05) is 18.5 Å². The summed E-state index contributed by atoms with van der Waals surface area (Å²) in [5, 5.41) is 6.08. The molecule has 0 heterocycles. The van der Waals surface area contributed by atoms with Crippen LogP contribution in [-0.4, -0.2) is 25.5 Å². The quantitative estimate of drug-likeness (QED) is 0.648. The van der Waals surface area contributed by atoms with Gasteiger partial charge in [0.1, 0.15) is 0 Å². The summed E-state index contributed by atoms with van der Waals surface area (Å²) in [5.74, 6) is 0.484. The summed E-state index contributed by atoms with van der Waals surface area (Å²) in [6.45, 7) is 2.71. The molecule has 2 atom stereocenters. The van der Waals surface area contributed by atoms with Crippen molar-refractivity contribution in [1.82, 2.24) is 10.6 Å². The molecular weight excluding hydrogens is 152 g/mol. The summed E-state index contributed by atoms with van der Waals surface area (Å²) >= 11 is 0. The zero-order chi connectivity index (χ0) is 8.97. The third-order valence-electron chi connectivity index (χ3n) is 2.56. The van der Waals surface area contributed by atoms with E-state index in [0.29, 0.717) is 6.04 Å². The van der Waals surface area contributed by atoms with Crippen LogP contribution in [0.15, 0.2) is 0 Å². The molecular formula is C9H18N2O. The minimum absolute atomic E-state index is 0.232.